The number of carbonyl (C=O) groups is 1. The molecule has 2 aromatic carbocycles. The summed E-state index contributed by atoms with van der Waals surface area (Å²) >= 11 is 6.19. The first kappa shape index (κ1) is 19.3. The number of pyridine rings is 1. The summed E-state index contributed by atoms with van der Waals surface area (Å²) < 4.78 is 5.79. The van der Waals surface area contributed by atoms with Crippen LogP contribution in [0.2, 0.25) is 5.02 Å². The van der Waals surface area contributed by atoms with E-state index >= 15 is 0 Å². The van der Waals surface area contributed by atoms with Gasteiger partial charge in [-0.3, -0.25) is 9.78 Å². The number of fused-ring (bicyclic) bond motifs is 2. The second-order valence-corrected chi connectivity index (χ2v) is 8.90. The van der Waals surface area contributed by atoms with E-state index < -0.39 is 0 Å². The predicted octanol–water partition coefficient (Wildman–Crippen LogP) is 5.12. The number of hydrogen-bond acceptors (Lipinski definition) is 5. The molecule has 0 bridgehead atoms. The Balaban J connectivity index is 1.25. The highest BCUT2D eigenvalue weighted by Gasteiger charge is 2.54. The Kier molecular flexibility index (Phi) is 4.61. The van der Waals surface area contributed by atoms with Crippen molar-refractivity contribution in [2.75, 3.05) is 18.4 Å². The van der Waals surface area contributed by atoms with Crippen molar-refractivity contribution < 1.29 is 9.21 Å². The van der Waals surface area contributed by atoms with Gasteiger partial charge in [0.2, 0.25) is 0 Å². The molecule has 2 aromatic heterocycles. The number of nitrogens with zero attached hydrogens (tertiary/aromatic N) is 3. The van der Waals surface area contributed by atoms with Crippen molar-refractivity contribution in [1.82, 2.24) is 14.9 Å². The summed E-state index contributed by atoms with van der Waals surface area (Å²) in [5.74, 6) is 1.03. The van der Waals surface area contributed by atoms with Gasteiger partial charge >= 0.3 is 0 Å². The Morgan fingerprint density at radius 3 is 2.94 bits per heavy atom. The number of oxazole rings is 1. The largest absolute Gasteiger partial charge is 0.424 e. The van der Waals surface area contributed by atoms with Crippen molar-refractivity contribution >= 4 is 34.6 Å². The highest BCUT2D eigenvalue weighted by molar-refractivity contribution is 6.30. The Morgan fingerprint density at radius 2 is 2.06 bits per heavy atom. The summed E-state index contributed by atoms with van der Waals surface area (Å²) in [5.41, 5.74) is 3.71. The number of nitrogens with one attached hydrogen (secondary N) is 1. The summed E-state index contributed by atoms with van der Waals surface area (Å²) in [4.78, 5) is 24.5. The average Bonchev–Trinajstić information content (AvgIpc) is 3.31. The van der Waals surface area contributed by atoms with E-state index in [1.807, 2.05) is 65.6 Å². The SMILES string of the molecule is O=C(c1ncccc1-c1cccc(Cl)c1)N1C[C@H]2C[C@H]2[C@H]1CNc1nc2ccccc2o1. The molecule has 1 N–H and O–H groups in total. The smallest absolute Gasteiger partial charge is 0.295 e. The van der Waals surface area contributed by atoms with Crippen LogP contribution in [0.15, 0.2) is 71.3 Å². The van der Waals surface area contributed by atoms with Gasteiger partial charge in [-0.05, 0) is 54.2 Å². The Bertz CT molecular complexity index is 1290. The van der Waals surface area contributed by atoms with Crippen LogP contribution in [0, 0.1) is 11.8 Å². The Hall–Kier alpha value is -3.38. The number of likely N-dealkylation sites (tertiary alicyclic amines) is 1. The standard InChI is InChI=1S/C25H21ClN4O2/c26-17-6-3-5-15(11-17)18-7-4-10-27-23(18)24(31)30-14-16-12-19(16)21(30)13-28-25-29-20-8-1-2-9-22(20)32-25/h1-11,16,19,21H,12-14H2,(H,28,29)/t16-,19-,21-/m1/s1. The van der Waals surface area contributed by atoms with E-state index in [2.05, 4.69) is 15.3 Å². The first-order valence-corrected chi connectivity index (χ1v) is 11.2. The Labute approximate surface area is 190 Å². The van der Waals surface area contributed by atoms with E-state index in [4.69, 9.17) is 16.0 Å². The number of para-hydroxylation sites is 2. The molecule has 2 fully saturated rings. The van der Waals surface area contributed by atoms with Crippen molar-refractivity contribution in [3.8, 4) is 11.1 Å². The van der Waals surface area contributed by atoms with Gasteiger partial charge < -0.3 is 14.6 Å². The maximum Gasteiger partial charge on any atom is 0.295 e. The van der Waals surface area contributed by atoms with Crippen LogP contribution in [0.5, 0.6) is 0 Å². The minimum Gasteiger partial charge on any atom is -0.424 e. The quantitative estimate of drug-likeness (QED) is 0.462. The van der Waals surface area contributed by atoms with Crippen LogP contribution >= 0.6 is 11.6 Å². The predicted molar refractivity (Wildman–Crippen MR) is 124 cm³/mol. The molecule has 3 atom stereocenters. The zero-order valence-electron chi connectivity index (χ0n) is 17.2. The monoisotopic (exact) mass is 444 g/mol. The molecule has 0 radical (unpaired) electrons. The highest BCUT2D eigenvalue weighted by Crippen LogP contribution is 2.50. The molecular weight excluding hydrogens is 424 g/mol. The molecule has 6 nitrogen and oxygen atoms in total. The minimum absolute atomic E-state index is 0.0443. The number of carbonyl (C=O) groups excluding carboxylic acids is 1. The summed E-state index contributed by atoms with van der Waals surface area (Å²) in [6, 6.07) is 19.5. The molecule has 4 aromatic rings. The number of halogens is 1. The van der Waals surface area contributed by atoms with Crippen LogP contribution in [0.3, 0.4) is 0 Å². The van der Waals surface area contributed by atoms with Crippen LogP contribution in [-0.2, 0) is 0 Å². The second-order valence-electron chi connectivity index (χ2n) is 8.46. The van der Waals surface area contributed by atoms with Gasteiger partial charge in [0, 0.05) is 29.9 Å². The molecule has 1 saturated carbocycles. The molecule has 1 aliphatic carbocycles. The zero-order valence-corrected chi connectivity index (χ0v) is 18.0. The molecule has 6 rings (SSSR count). The van der Waals surface area contributed by atoms with E-state index in [0.29, 0.717) is 35.1 Å². The van der Waals surface area contributed by atoms with Crippen molar-refractivity contribution in [2.45, 2.75) is 12.5 Å². The first-order chi connectivity index (χ1) is 15.7. The molecule has 2 aliphatic rings. The van der Waals surface area contributed by atoms with Crippen molar-refractivity contribution in [3.63, 3.8) is 0 Å². The molecule has 1 aliphatic heterocycles. The number of amides is 1. The van der Waals surface area contributed by atoms with Crippen molar-refractivity contribution in [2.24, 2.45) is 11.8 Å². The lowest BCUT2D eigenvalue weighted by Crippen LogP contribution is -2.43. The molecule has 0 unspecified atom stereocenters. The van der Waals surface area contributed by atoms with E-state index in [9.17, 15) is 4.79 Å². The first-order valence-electron chi connectivity index (χ1n) is 10.8. The normalized spacial score (nSPS) is 21.5. The summed E-state index contributed by atoms with van der Waals surface area (Å²) in [6.45, 7) is 1.36. The maximum atomic E-state index is 13.6. The highest BCUT2D eigenvalue weighted by atomic mass is 35.5. The fourth-order valence-corrected chi connectivity index (χ4v) is 5.00. The minimum atomic E-state index is -0.0443. The molecule has 7 heteroatoms. The topological polar surface area (TPSA) is 71.3 Å². The third kappa shape index (κ3) is 3.41. The lowest BCUT2D eigenvalue weighted by Gasteiger charge is -2.28. The molecule has 3 heterocycles. The van der Waals surface area contributed by atoms with E-state index in [1.165, 1.54) is 0 Å². The molecule has 160 valence electrons. The van der Waals surface area contributed by atoms with Crippen LogP contribution in [0.1, 0.15) is 16.9 Å². The molecule has 0 spiro atoms. The summed E-state index contributed by atoms with van der Waals surface area (Å²) in [7, 11) is 0. The number of anilines is 1. The fraction of sp³-hybridized carbons (Fsp3) is 0.240. The lowest BCUT2D eigenvalue weighted by atomic mass is 10.0. The van der Waals surface area contributed by atoms with Gasteiger partial charge in [-0.2, -0.15) is 4.98 Å². The molecule has 1 amide bonds. The third-order valence-corrected chi connectivity index (χ3v) is 6.70. The van der Waals surface area contributed by atoms with Crippen LogP contribution in [0.4, 0.5) is 6.01 Å². The van der Waals surface area contributed by atoms with Gasteiger partial charge in [-0.1, -0.05) is 41.9 Å². The fourth-order valence-electron chi connectivity index (χ4n) is 4.81. The lowest BCUT2D eigenvalue weighted by molar-refractivity contribution is 0.0710. The summed E-state index contributed by atoms with van der Waals surface area (Å²) in [6.07, 6.45) is 2.83. The van der Waals surface area contributed by atoms with Crippen molar-refractivity contribution in [3.05, 3.63) is 77.6 Å². The van der Waals surface area contributed by atoms with Crippen molar-refractivity contribution in [1.29, 1.82) is 0 Å². The number of benzene rings is 2. The number of hydrogen-bond donors (Lipinski definition) is 1. The molecule has 32 heavy (non-hydrogen) atoms. The van der Waals surface area contributed by atoms with Gasteiger partial charge in [0.25, 0.3) is 11.9 Å². The summed E-state index contributed by atoms with van der Waals surface area (Å²) in [5, 5.41) is 3.95. The van der Waals surface area contributed by atoms with Gasteiger partial charge in [0.15, 0.2) is 5.58 Å². The van der Waals surface area contributed by atoms with Gasteiger partial charge in [-0.25, -0.2) is 0 Å². The van der Waals surface area contributed by atoms with E-state index in [1.54, 1.807) is 6.20 Å². The van der Waals surface area contributed by atoms with Crippen LogP contribution in [-0.4, -0.2) is 39.9 Å². The average molecular weight is 445 g/mol. The van der Waals surface area contributed by atoms with E-state index in [0.717, 1.165) is 35.2 Å². The van der Waals surface area contributed by atoms with Crippen LogP contribution in [0.25, 0.3) is 22.2 Å². The van der Waals surface area contributed by atoms with Crippen LogP contribution < -0.4 is 5.32 Å². The molecule has 1 saturated heterocycles. The van der Waals surface area contributed by atoms with Gasteiger partial charge in [0.1, 0.15) is 11.2 Å². The number of rotatable bonds is 5. The van der Waals surface area contributed by atoms with E-state index in [-0.39, 0.29) is 11.9 Å². The zero-order chi connectivity index (χ0) is 21.7. The van der Waals surface area contributed by atoms with Gasteiger partial charge in [-0.15, -0.1) is 0 Å². The van der Waals surface area contributed by atoms with Gasteiger partial charge in [0.05, 0.1) is 6.04 Å². The molecular formula is C25H21ClN4O2. The number of aromatic nitrogens is 2. The second kappa shape index (κ2) is 7.64. The third-order valence-electron chi connectivity index (χ3n) is 6.47. The number of piperidine rings is 1. The maximum absolute atomic E-state index is 13.6. The Morgan fingerprint density at radius 1 is 1.16 bits per heavy atom.